The lowest BCUT2D eigenvalue weighted by Crippen LogP contribution is -2.53. The molecular weight excluding hydrogens is 271 g/mol. The zero-order valence-electron chi connectivity index (χ0n) is 10.6. The number of benzene rings is 1. The number of nitrogens with two attached hydrogens (primary N) is 1. The normalized spacial score (nSPS) is 11.4. The van der Waals surface area contributed by atoms with Crippen molar-refractivity contribution >= 4 is 29.1 Å². The predicted molar refractivity (Wildman–Crippen MR) is 76.3 cm³/mol. The lowest BCUT2D eigenvalue weighted by atomic mass is 9.92. The zero-order chi connectivity index (χ0) is 13.8. The molecule has 0 aliphatic carbocycles. The van der Waals surface area contributed by atoms with Crippen molar-refractivity contribution in [2.45, 2.75) is 32.2 Å². The van der Waals surface area contributed by atoms with E-state index in [0.29, 0.717) is 22.2 Å². The average Bonchev–Trinajstić information content (AvgIpc) is 2.36. The van der Waals surface area contributed by atoms with E-state index in [0.717, 1.165) is 12.8 Å². The van der Waals surface area contributed by atoms with Crippen molar-refractivity contribution in [2.75, 3.05) is 6.54 Å². The van der Waals surface area contributed by atoms with E-state index in [1.54, 1.807) is 18.2 Å². The molecule has 0 aliphatic rings. The van der Waals surface area contributed by atoms with Crippen molar-refractivity contribution in [3.8, 4) is 0 Å². The number of carbonyl (C=O) groups excluding carboxylic acids is 1. The third kappa shape index (κ3) is 3.16. The first-order chi connectivity index (χ1) is 8.49. The summed E-state index contributed by atoms with van der Waals surface area (Å²) in [5, 5.41) is 3.64. The number of rotatable bonds is 5. The molecule has 0 heterocycles. The Kier molecular flexibility index (Phi) is 5.45. The van der Waals surface area contributed by atoms with Crippen molar-refractivity contribution in [1.82, 2.24) is 5.32 Å². The van der Waals surface area contributed by atoms with Crippen LogP contribution in [0.4, 0.5) is 0 Å². The molecule has 3 nitrogen and oxygen atoms in total. The second kappa shape index (κ2) is 6.41. The van der Waals surface area contributed by atoms with Gasteiger partial charge in [0.1, 0.15) is 0 Å². The van der Waals surface area contributed by atoms with Crippen LogP contribution in [0.5, 0.6) is 0 Å². The maximum atomic E-state index is 12.2. The lowest BCUT2D eigenvalue weighted by Gasteiger charge is -2.31. The number of halogens is 2. The Bertz CT molecular complexity index is 402. The molecule has 0 atom stereocenters. The smallest absolute Gasteiger partial charge is 0.254 e. The SMILES string of the molecule is CCC(CC)(CN)NC(=O)c1c(Cl)cccc1Cl. The van der Waals surface area contributed by atoms with E-state index in [-0.39, 0.29) is 5.91 Å². The molecule has 0 bridgehead atoms. The van der Waals surface area contributed by atoms with Crippen LogP contribution in [-0.4, -0.2) is 18.0 Å². The Labute approximate surface area is 118 Å². The molecule has 0 aromatic heterocycles. The van der Waals surface area contributed by atoms with Crippen LogP contribution in [0.2, 0.25) is 10.0 Å². The van der Waals surface area contributed by atoms with E-state index in [1.165, 1.54) is 0 Å². The lowest BCUT2D eigenvalue weighted by molar-refractivity contribution is 0.0895. The minimum Gasteiger partial charge on any atom is -0.345 e. The van der Waals surface area contributed by atoms with Gasteiger partial charge < -0.3 is 11.1 Å². The van der Waals surface area contributed by atoms with Crippen molar-refractivity contribution in [2.24, 2.45) is 5.73 Å². The quantitative estimate of drug-likeness (QED) is 0.874. The maximum Gasteiger partial charge on any atom is 0.254 e. The third-order valence-electron chi connectivity index (χ3n) is 3.31. The molecule has 0 saturated carbocycles. The number of carbonyl (C=O) groups is 1. The highest BCUT2D eigenvalue weighted by Gasteiger charge is 2.28. The maximum absolute atomic E-state index is 12.2. The fraction of sp³-hybridized carbons (Fsp3) is 0.462. The van der Waals surface area contributed by atoms with Gasteiger partial charge in [-0.2, -0.15) is 0 Å². The molecule has 18 heavy (non-hydrogen) atoms. The van der Waals surface area contributed by atoms with E-state index in [4.69, 9.17) is 28.9 Å². The molecular formula is C13H18Cl2N2O. The monoisotopic (exact) mass is 288 g/mol. The van der Waals surface area contributed by atoms with Gasteiger partial charge >= 0.3 is 0 Å². The van der Waals surface area contributed by atoms with Gasteiger partial charge in [0.2, 0.25) is 0 Å². The van der Waals surface area contributed by atoms with Crippen LogP contribution in [0.3, 0.4) is 0 Å². The fourth-order valence-electron chi connectivity index (χ4n) is 1.78. The highest BCUT2D eigenvalue weighted by atomic mass is 35.5. The highest BCUT2D eigenvalue weighted by molar-refractivity contribution is 6.39. The van der Waals surface area contributed by atoms with E-state index in [2.05, 4.69) is 5.32 Å². The topological polar surface area (TPSA) is 55.1 Å². The van der Waals surface area contributed by atoms with Gasteiger partial charge in [0.15, 0.2) is 0 Å². The van der Waals surface area contributed by atoms with Crippen LogP contribution in [0.25, 0.3) is 0 Å². The van der Waals surface area contributed by atoms with Crippen LogP contribution in [0.15, 0.2) is 18.2 Å². The van der Waals surface area contributed by atoms with Crippen molar-refractivity contribution in [1.29, 1.82) is 0 Å². The van der Waals surface area contributed by atoms with Gasteiger partial charge in [-0.05, 0) is 25.0 Å². The summed E-state index contributed by atoms with van der Waals surface area (Å²) in [6.45, 7) is 4.36. The summed E-state index contributed by atoms with van der Waals surface area (Å²) in [7, 11) is 0. The van der Waals surface area contributed by atoms with E-state index >= 15 is 0 Å². The van der Waals surface area contributed by atoms with Crippen LogP contribution in [-0.2, 0) is 0 Å². The second-order valence-corrected chi connectivity index (χ2v) is 5.06. The van der Waals surface area contributed by atoms with Gasteiger partial charge in [-0.15, -0.1) is 0 Å². The zero-order valence-corrected chi connectivity index (χ0v) is 12.1. The second-order valence-electron chi connectivity index (χ2n) is 4.24. The molecule has 1 aromatic rings. The molecule has 1 rings (SSSR count). The number of hydrogen-bond acceptors (Lipinski definition) is 2. The van der Waals surface area contributed by atoms with Crippen LogP contribution in [0.1, 0.15) is 37.0 Å². The van der Waals surface area contributed by atoms with Gasteiger partial charge in [-0.25, -0.2) is 0 Å². The molecule has 0 unspecified atom stereocenters. The largest absolute Gasteiger partial charge is 0.345 e. The standard InChI is InChI=1S/C13H18Cl2N2O/c1-3-13(4-2,8-16)17-12(18)11-9(14)6-5-7-10(11)15/h5-7H,3-4,8,16H2,1-2H3,(H,17,18). The van der Waals surface area contributed by atoms with Gasteiger partial charge in [0.25, 0.3) is 5.91 Å². The third-order valence-corrected chi connectivity index (χ3v) is 3.94. The summed E-state index contributed by atoms with van der Waals surface area (Å²) in [4.78, 5) is 12.2. The van der Waals surface area contributed by atoms with Crippen LogP contribution in [0, 0.1) is 0 Å². The fourth-order valence-corrected chi connectivity index (χ4v) is 2.35. The molecule has 0 spiro atoms. The molecule has 5 heteroatoms. The van der Waals surface area contributed by atoms with Gasteiger partial charge in [-0.3, -0.25) is 4.79 Å². The molecule has 0 fully saturated rings. The first-order valence-corrected chi connectivity index (χ1v) is 6.72. The van der Waals surface area contributed by atoms with E-state index < -0.39 is 5.54 Å². The molecule has 3 N–H and O–H groups in total. The van der Waals surface area contributed by atoms with E-state index in [9.17, 15) is 4.79 Å². The van der Waals surface area contributed by atoms with Crippen LogP contribution >= 0.6 is 23.2 Å². The molecule has 0 radical (unpaired) electrons. The van der Waals surface area contributed by atoms with Crippen molar-refractivity contribution in [3.63, 3.8) is 0 Å². The van der Waals surface area contributed by atoms with Gasteiger partial charge in [0, 0.05) is 6.54 Å². The minimum absolute atomic E-state index is 0.278. The number of nitrogens with one attached hydrogen (secondary N) is 1. The van der Waals surface area contributed by atoms with Crippen LogP contribution < -0.4 is 11.1 Å². The number of amides is 1. The molecule has 100 valence electrons. The average molecular weight is 289 g/mol. The molecule has 0 saturated heterocycles. The summed E-state index contributed by atoms with van der Waals surface area (Å²) in [6.07, 6.45) is 1.52. The van der Waals surface area contributed by atoms with Gasteiger partial charge in [0.05, 0.1) is 21.1 Å². The van der Waals surface area contributed by atoms with Crippen molar-refractivity contribution in [3.05, 3.63) is 33.8 Å². The summed E-state index contributed by atoms with van der Waals surface area (Å²) in [5.74, 6) is -0.278. The molecule has 1 amide bonds. The van der Waals surface area contributed by atoms with Gasteiger partial charge in [-0.1, -0.05) is 43.1 Å². The summed E-state index contributed by atoms with van der Waals surface area (Å²) in [5.41, 5.74) is 5.65. The molecule has 0 aliphatic heterocycles. The van der Waals surface area contributed by atoms with E-state index in [1.807, 2.05) is 13.8 Å². The number of hydrogen-bond donors (Lipinski definition) is 2. The Morgan fingerprint density at radius 3 is 2.17 bits per heavy atom. The Hall–Kier alpha value is -0.770. The Morgan fingerprint density at radius 2 is 1.78 bits per heavy atom. The molecule has 1 aromatic carbocycles. The van der Waals surface area contributed by atoms with Crippen molar-refractivity contribution < 1.29 is 4.79 Å². The first kappa shape index (κ1) is 15.3. The summed E-state index contributed by atoms with van der Waals surface area (Å²) < 4.78 is 0. The summed E-state index contributed by atoms with van der Waals surface area (Å²) in [6, 6.07) is 4.99. The highest BCUT2D eigenvalue weighted by Crippen LogP contribution is 2.25. The predicted octanol–water partition coefficient (Wildman–Crippen LogP) is 3.24. The Balaban J connectivity index is 3.02. The first-order valence-electron chi connectivity index (χ1n) is 5.96. The Morgan fingerprint density at radius 1 is 1.28 bits per heavy atom. The summed E-state index contributed by atoms with van der Waals surface area (Å²) >= 11 is 12.0. The minimum atomic E-state index is -0.403.